The highest BCUT2D eigenvalue weighted by atomic mass is 35.5. The number of methoxy groups -OCH3 is 1. The minimum Gasteiger partial charge on any atom is -0.493 e. The molecule has 0 radical (unpaired) electrons. The van der Waals surface area contributed by atoms with Gasteiger partial charge in [-0.05, 0) is 54.1 Å². The number of nitrogens with zero attached hydrogens (tertiary/aromatic N) is 3. The number of hydrazone groups is 1. The maximum atomic E-state index is 12.7. The number of aryl methyl sites for hydroxylation is 1. The number of carbonyl (C=O) groups excluding carboxylic acids is 1. The Hall–Kier alpha value is -3.30. The molecule has 2 aromatic carbocycles. The van der Waals surface area contributed by atoms with Crippen LogP contribution in [-0.2, 0) is 4.79 Å². The van der Waals surface area contributed by atoms with Crippen molar-refractivity contribution in [3.8, 4) is 17.2 Å². The summed E-state index contributed by atoms with van der Waals surface area (Å²) in [5, 5.41) is 15.8. The number of para-hydroxylation sites is 1. The highest BCUT2D eigenvalue weighted by molar-refractivity contribution is 8.27. The molecule has 182 valence electrons. The van der Waals surface area contributed by atoms with Crippen LogP contribution in [0.3, 0.4) is 0 Å². The molecule has 2 aliphatic heterocycles. The fourth-order valence-electron chi connectivity index (χ4n) is 3.38. The maximum Gasteiger partial charge on any atom is 0.283 e. The number of thioether (sulfide) groups is 1. The Bertz CT molecular complexity index is 1270. The molecule has 2 aliphatic rings. The number of amidine groups is 2. The molecule has 10 heteroatoms. The molecule has 2 aromatic rings. The van der Waals surface area contributed by atoms with Gasteiger partial charge in [0.1, 0.15) is 24.0 Å². The first-order chi connectivity index (χ1) is 16.8. The number of nitrogens with one attached hydrogen (secondary N) is 1. The van der Waals surface area contributed by atoms with Crippen molar-refractivity contribution >= 4 is 51.4 Å². The summed E-state index contributed by atoms with van der Waals surface area (Å²) in [7, 11) is 1.51. The predicted molar refractivity (Wildman–Crippen MR) is 140 cm³/mol. The summed E-state index contributed by atoms with van der Waals surface area (Å²) in [6, 6.07) is 11.1. The van der Waals surface area contributed by atoms with Crippen LogP contribution in [0, 0.1) is 18.3 Å². The van der Waals surface area contributed by atoms with E-state index in [0.29, 0.717) is 33.9 Å². The fourth-order valence-corrected chi connectivity index (χ4v) is 4.55. The van der Waals surface area contributed by atoms with Crippen LogP contribution in [0.25, 0.3) is 6.08 Å². The molecule has 35 heavy (non-hydrogen) atoms. The molecule has 0 atom stereocenters. The normalized spacial score (nSPS) is 16.4. The van der Waals surface area contributed by atoms with Crippen LogP contribution in [0.15, 0.2) is 52.1 Å². The first kappa shape index (κ1) is 24.8. The summed E-state index contributed by atoms with van der Waals surface area (Å²) in [5.41, 5.74) is 1.72. The van der Waals surface area contributed by atoms with E-state index in [1.807, 2.05) is 45.0 Å². The Labute approximate surface area is 213 Å². The van der Waals surface area contributed by atoms with Crippen LogP contribution >= 0.6 is 23.4 Å². The fraction of sp³-hybridized carbons (Fsp3) is 0.280. The zero-order valence-electron chi connectivity index (χ0n) is 19.8. The van der Waals surface area contributed by atoms with Crippen molar-refractivity contribution in [3.63, 3.8) is 0 Å². The second-order valence-corrected chi connectivity index (χ2v) is 9.50. The Balaban J connectivity index is 1.50. The highest BCUT2D eigenvalue weighted by Crippen LogP contribution is 2.38. The second-order valence-electron chi connectivity index (χ2n) is 8.11. The lowest BCUT2D eigenvalue weighted by Crippen LogP contribution is -2.35. The Morgan fingerprint density at radius 3 is 2.63 bits per heavy atom. The van der Waals surface area contributed by atoms with Gasteiger partial charge < -0.3 is 14.2 Å². The lowest BCUT2D eigenvalue weighted by molar-refractivity contribution is -0.114. The van der Waals surface area contributed by atoms with Crippen LogP contribution in [0.2, 0.25) is 5.02 Å². The van der Waals surface area contributed by atoms with E-state index in [1.165, 1.54) is 23.9 Å². The van der Waals surface area contributed by atoms with Gasteiger partial charge >= 0.3 is 0 Å². The predicted octanol–water partition coefficient (Wildman–Crippen LogP) is 5.39. The van der Waals surface area contributed by atoms with Gasteiger partial charge in [0.25, 0.3) is 5.91 Å². The van der Waals surface area contributed by atoms with Crippen LogP contribution in [0.4, 0.5) is 0 Å². The van der Waals surface area contributed by atoms with Crippen LogP contribution in [0.1, 0.15) is 25.0 Å². The van der Waals surface area contributed by atoms with E-state index >= 15 is 0 Å². The third-order valence-corrected chi connectivity index (χ3v) is 6.70. The summed E-state index contributed by atoms with van der Waals surface area (Å²) in [6.07, 6.45) is 1.55. The third kappa shape index (κ3) is 5.36. The third-order valence-electron chi connectivity index (χ3n) is 5.21. The SMILES string of the molecule is COc1cc(C=C2C(=N)N3N=C(C(C)C)SC3=NC2=O)cc(Cl)c1OCCOc1ccccc1C. The summed E-state index contributed by atoms with van der Waals surface area (Å²) in [4.78, 5) is 16.8. The lowest BCUT2D eigenvalue weighted by Gasteiger charge is -2.20. The topological polar surface area (TPSA) is 96.6 Å². The zero-order chi connectivity index (χ0) is 25.1. The van der Waals surface area contributed by atoms with Gasteiger partial charge in [-0.15, -0.1) is 0 Å². The zero-order valence-corrected chi connectivity index (χ0v) is 21.4. The molecule has 0 unspecified atom stereocenters. The number of hydrogen-bond donors (Lipinski definition) is 1. The van der Waals surface area contributed by atoms with Gasteiger partial charge in [0.05, 0.1) is 17.7 Å². The average molecular weight is 513 g/mol. The van der Waals surface area contributed by atoms with Crippen LogP contribution in [0.5, 0.6) is 17.2 Å². The Morgan fingerprint density at radius 2 is 1.91 bits per heavy atom. The molecular weight excluding hydrogens is 488 g/mol. The summed E-state index contributed by atoms with van der Waals surface area (Å²) in [5.74, 6) is 1.20. The van der Waals surface area contributed by atoms with Crippen molar-refractivity contribution in [2.75, 3.05) is 20.3 Å². The smallest absolute Gasteiger partial charge is 0.283 e. The van der Waals surface area contributed by atoms with E-state index in [0.717, 1.165) is 16.4 Å². The molecular formula is C25H25ClN4O4S. The Morgan fingerprint density at radius 1 is 1.17 bits per heavy atom. The average Bonchev–Trinajstić information content (AvgIpc) is 3.26. The molecule has 0 aromatic heterocycles. The van der Waals surface area contributed by atoms with Crippen molar-refractivity contribution in [1.29, 1.82) is 5.41 Å². The lowest BCUT2D eigenvalue weighted by atomic mass is 10.1. The van der Waals surface area contributed by atoms with Crippen LogP contribution < -0.4 is 14.2 Å². The van der Waals surface area contributed by atoms with E-state index in [-0.39, 0.29) is 23.9 Å². The highest BCUT2D eigenvalue weighted by Gasteiger charge is 2.36. The summed E-state index contributed by atoms with van der Waals surface area (Å²) in [6.45, 7) is 6.56. The number of halogens is 1. The molecule has 1 amide bonds. The first-order valence-electron chi connectivity index (χ1n) is 11.0. The largest absolute Gasteiger partial charge is 0.493 e. The summed E-state index contributed by atoms with van der Waals surface area (Å²) >= 11 is 7.80. The molecule has 8 nitrogen and oxygen atoms in total. The number of benzene rings is 2. The van der Waals surface area contributed by atoms with Gasteiger partial charge in [-0.25, -0.2) is 0 Å². The quantitative estimate of drug-likeness (QED) is 0.376. The van der Waals surface area contributed by atoms with Gasteiger partial charge in [-0.2, -0.15) is 15.1 Å². The van der Waals surface area contributed by atoms with Gasteiger partial charge in [-0.3, -0.25) is 10.2 Å². The second kappa shape index (κ2) is 10.5. The van der Waals surface area contributed by atoms with Crippen molar-refractivity contribution in [2.24, 2.45) is 16.0 Å². The molecule has 2 heterocycles. The number of ether oxygens (including phenoxy) is 3. The van der Waals surface area contributed by atoms with Crippen molar-refractivity contribution in [2.45, 2.75) is 20.8 Å². The van der Waals surface area contributed by atoms with E-state index in [2.05, 4.69) is 10.1 Å². The molecule has 0 aliphatic carbocycles. The molecule has 0 saturated carbocycles. The van der Waals surface area contributed by atoms with Gasteiger partial charge in [0.2, 0.25) is 5.17 Å². The van der Waals surface area contributed by atoms with Crippen molar-refractivity contribution in [1.82, 2.24) is 5.01 Å². The van der Waals surface area contributed by atoms with Gasteiger partial charge in [0, 0.05) is 5.92 Å². The number of carbonyl (C=O) groups is 1. The first-order valence-corrected chi connectivity index (χ1v) is 12.2. The number of aliphatic imine (C=N–C) groups is 1. The molecule has 0 bridgehead atoms. The number of hydrogen-bond acceptors (Lipinski definition) is 7. The van der Waals surface area contributed by atoms with Crippen LogP contribution in [-0.4, -0.2) is 47.3 Å². The molecule has 0 fully saturated rings. The van der Waals surface area contributed by atoms with E-state index in [4.69, 9.17) is 31.2 Å². The monoisotopic (exact) mass is 512 g/mol. The van der Waals surface area contributed by atoms with Crippen molar-refractivity contribution < 1.29 is 19.0 Å². The van der Waals surface area contributed by atoms with Crippen molar-refractivity contribution in [3.05, 3.63) is 58.1 Å². The summed E-state index contributed by atoms with van der Waals surface area (Å²) < 4.78 is 17.1. The van der Waals surface area contributed by atoms with Gasteiger partial charge in [0.15, 0.2) is 17.3 Å². The molecule has 0 saturated heterocycles. The number of rotatable bonds is 8. The number of amides is 1. The van der Waals surface area contributed by atoms with E-state index in [1.54, 1.807) is 18.2 Å². The molecule has 1 N–H and O–H groups in total. The minimum atomic E-state index is -0.502. The van der Waals surface area contributed by atoms with Gasteiger partial charge in [-0.1, -0.05) is 43.6 Å². The molecule has 0 spiro atoms. The van der Waals surface area contributed by atoms with E-state index < -0.39 is 5.91 Å². The number of fused-ring (bicyclic) bond motifs is 1. The maximum absolute atomic E-state index is 12.7. The Kier molecular flexibility index (Phi) is 7.47. The minimum absolute atomic E-state index is 0.0353. The standard InChI is InChI=1S/C25H25ClN4O4S/c1-14(2)24-29-30-22(27)17(23(31)28-25(30)35-24)11-16-12-18(26)21(20(13-16)32-4)34-10-9-33-19-8-6-5-7-15(19)3/h5-8,11-14,27H,9-10H2,1-4H3. The van der Waals surface area contributed by atoms with E-state index in [9.17, 15) is 4.79 Å². The molecule has 4 rings (SSSR count).